The minimum atomic E-state index is -0.112. The van der Waals surface area contributed by atoms with Crippen LogP contribution in [0, 0.1) is 0 Å². The monoisotopic (exact) mass is 253 g/mol. The first kappa shape index (κ1) is 13.8. The molecule has 1 aromatic rings. The summed E-state index contributed by atoms with van der Waals surface area (Å²) in [5, 5.41) is 6.07. The Bertz CT molecular complexity index is 357. The quantitative estimate of drug-likeness (QED) is 0.730. The van der Waals surface area contributed by atoms with Gasteiger partial charge >= 0.3 is 0 Å². The number of thioether (sulfide) groups is 1. The van der Waals surface area contributed by atoms with Gasteiger partial charge in [0.15, 0.2) is 0 Å². The molecule has 94 valence electrons. The minimum absolute atomic E-state index is 0.112. The van der Waals surface area contributed by atoms with Crippen LogP contribution in [0.2, 0.25) is 0 Å². The van der Waals surface area contributed by atoms with E-state index in [0.29, 0.717) is 12.2 Å². The molecule has 0 bridgehead atoms. The first-order valence-electron chi connectivity index (χ1n) is 5.75. The third-order valence-corrected chi connectivity index (χ3v) is 2.78. The largest absolute Gasteiger partial charge is 0.385 e. The van der Waals surface area contributed by atoms with E-state index in [1.807, 2.05) is 12.3 Å². The summed E-state index contributed by atoms with van der Waals surface area (Å²) in [7, 11) is 0. The van der Waals surface area contributed by atoms with Crippen LogP contribution in [0.1, 0.15) is 23.8 Å². The fourth-order valence-electron chi connectivity index (χ4n) is 1.29. The van der Waals surface area contributed by atoms with Crippen molar-refractivity contribution in [1.82, 2.24) is 10.3 Å². The lowest BCUT2D eigenvalue weighted by Gasteiger charge is -2.07. The van der Waals surface area contributed by atoms with Crippen molar-refractivity contribution >= 4 is 23.4 Å². The molecule has 0 aromatic carbocycles. The molecule has 1 rings (SSSR count). The van der Waals surface area contributed by atoms with E-state index < -0.39 is 0 Å². The average molecular weight is 253 g/mol. The van der Waals surface area contributed by atoms with E-state index >= 15 is 0 Å². The number of hydrogen-bond acceptors (Lipinski definition) is 4. The van der Waals surface area contributed by atoms with E-state index in [1.165, 1.54) is 0 Å². The predicted molar refractivity (Wildman–Crippen MR) is 73.7 cm³/mol. The molecule has 0 spiro atoms. The lowest BCUT2D eigenvalue weighted by Crippen LogP contribution is -2.26. The Hall–Kier alpha value is -1.23. The summed E-state index contributed by atoms with van der Waals surface area (Å²) in [6.07, 6.45) is 4.72. The zero-order valence-corrected chi connectivity index (χ0v) is 11.1. The van der Waals surface area contributed by atoms with Crippen molar-refractivity contribution < 1.29 is 4.79 Å². The molecule has 1 aromatic heterocycles. The Kier molecular flexibility index (Phi) is 6.47. The molecule has 0 atom stereocenters. The van der Waals surface area contributed by atoms with Gasteiger partial charge in [0.05, 0.1) is 0 Å². The summed E-state index contributed by atoms with van der Waals surface area (Å²) in [5.74, 6) is 0.804. The Balaban J connectivity index is 2.54. The molecule has 5 heteroatoms. The summed E-state index contributed by atoms with van der Waals surface area (Å²) < 4.78 is 0. The molecule has 1 heterocycles. The van der Waals surface area contributed by atoms with E-state index in [0.717, 1.165) is 24.4 Å². The maximum absolute atomic E-state index is 11.7. The smallest absolute Gasteiger partial charge is 0.269 e. The van der Waals surface area contributed by atoms with Gasteiger partial charge in [-0.3, -0.25) is 9.78 Å². The molecule has 0 radical (unpaired) electrons. The number of pyridine rings is 1. The van der Waals surface area contributed by atoms with Crippen LogP contribution in [0.25, 0.3) is 0 Å². The second-order valence-electron chi connectivity index (χ2n) is 3.61. The maximum atomic E-state index is 11.7. The van der Waals surface area contributed by atoms with Crippen LogP contribution in [-0.4, -0.2) is 36.0 Å². The molecule has 0 saturated carbocycles. The number of nitrogens with one attached hydrogen (secondary N) is 2. The van der Waals surface area contributed by atoms with Crippen LogP contribution in [0.4, 0.5) is 5.69 Å². The molecule has 4 nitrogen and oxygen atoms in total. The van der Waals surface area contributed by atoms with Crippen LogP contribution < -0.4 is 10.6 Å². The minimum Gasteiger partial charge on any atom is -0.385 e. The molecule has 2 N–H and O–H groups in total. The van der Waals surface area contributed by atoms with Crippen molar-refractivity contribution in [3.8, 4) is 0 Å². The zero-order valence-electron chi connectivity index (χ0n) is 10.3. The van der Waals surface area contributed by atoms with E-state index in [-0.39, 0.29) is 5.91 Å². The Morgan fingerprint density at radius 2 is 2.29 bits per heavy atom. The highest BCUT2D eigenvalue weighted by Gasteiger charge is 2.06. The number of amides is 1. The van der Waals surface area contributed by atoms with E-state index in [9.17, 15) is 4.79 Å². The van der Waals surface area contributed by atoms with Gasteiger partial charge in [-0.1, -0.05) is 6.92 Å². The standard InChI is InChI=1S/C12H19N3OS/c1-3-5-13-10-4-6-14-11(9-10)12(16)15-7-8-17-2/h4,6,9H,3,5,7-8H2,1-2H3,(H,13,14)(H,15,16). The summed E-state index contributed by atoms with van der Waals surface area (Å²) in [5.41, 5.74) is 1.41. The molecule has 0 unspecified atom stereocenters. The van der Waals surface area contributed by atoms with Crippen molar-refractivity contribution in [2.45, 2.75) is 13.3 Å². The summed E-state index contributed by atoms with van der Waals surface area (Å²) in [6, 6.07) is 3.65. The molecule has 0 saturated heterocycles. The Morgan fingerprint density at radius 1 is 1.47 bits per heavy atom. The van der Waals surface area contributed by atoms with Gasteiger partial charge in [0, 0.05) is 30.7 Å². The van der Waals surface area contributed by atoms with Crippen molar-refractivity contribution in [2.75, 3.05) is 30.4 Å². The highest BCUT2D eigenvalue weighted by Crippen LogP contribution is 2.07. The lowest BCUT2D eigenvalue weighted by atomic mass is 10.3. The third-order valence-electron chi connectivity index (χ3n) is 2.16. The van der Waals surface area contributed by atoms with Gasteiger partial charge < -0.3 is 10.6 Å². The fourth-order valence-corrected chi connectivity index (χ4v) is 1.60. The fraction of sp³-hybridized carbons (Fsp3) is 0.500. The van der Waals surface area contributed by atoms with Crippen molar-refractivity contribution in [3.63, 3.8) is 0 Å². The van der Waals surface area contributed by atoms with Crippen LogP contribution >= 0.6 is 11.8 Å². The predicted octanol–water partition coefficient (Wildman–Crippen LogP) is 2.00. The molecule has 0 fully saturated rings. The van der Waals surface area contributed by atoms with Crippen LogP contribution in [-0.2, 0) is 0 Å². The maximum Gasteiger partial charge on any atom is 0.269 e. The van der Waals surface area contributed by atoms with E-state index in [2.05, 4.69) is 22.5 Å². The second-order valence-corrected chi connectivity index (χ2v) is 4.59. The van der Waals surface area contributed by atoms with Crippen LogP contribution in [0.5, 0.6) is 0 Å². The first-order valence-corrected chi connectivity index (χ1v) is 7.14. The zero-order chi connectivity index (χ0) is 12.5. The second kappa shape index (κ2) is 7.95. The molecular formula is C12H19N3OS. The van der Waals surface area contributed by atoms with Gasteiger partial charge in [0.1, 0.15) is 5.69 Å². The highest BCUT2D eigenvalue weighted by atomic mass is 32.2. The van der Waals surface area contributed by atoms with E-state index in [4.69, 9.17) is 0 Å². The number of carbonyl (C=O) groups excluding carboxylic acids is 1. The van der Waals surface area contributed by atoms with Crippen molar-refractivity contribution in [2.24, 2.45) is 0 Å². The number of aromatic nitrogens is 1. The van der Waals surface area contributed by atoms with Crippen molar-refractivity contribution in [3.05, 3.63) is 24.0 Å². The van der Waals surface area contributed by atoms with E-state index in [1.54, 1.807) is 24.0 Å². The molecule has 1 amide bonds. The van der Waals surface area contributed by atoms with Gasteiger partial charge in [0.25, 0.3) is 5.91 Å². The van der Waals surface area contributed by atoms with Gasteiger partial charge in [-0.2, -0.15) is 11.8 Å². The number of hydrogen-bond donors (Lipinski definition) is 2. The molecular weight excluding hydrogens is 234 g/mol. The Labute approximate surface area is 107 Å². The van der Waals surface area contributed by atoms with Crippen molar-refractivity contribution in [1.29, 1.82) is 0 Å². The van der Waals surface area contributed by atoms with Gasteiger partial charge in [0.2, 0.25) is 0 Å². The normalized spacial score (nSPS) is 10.0. The molecule has 0 aliphatic carbocycles. The van der Waals surface area contributed by atoms with Gasteiger partial charge in [-0.15, -0.1) is 0 Å². The highest BCUT2D eigenvalue weighted by molar-refractivity contribution is 7.98. The summed E-state index contributed by atoms with van der Waals surface area (Å²) in [4.78, 5) is 15.8. The third kappa shape index (κ3) is 5.08. The lowest BCUT2D eigenvalue weighted by molar-refractivity contribution is 0.0951. The van der Waals surface area contributed by atoms with Gasteiger partial charge in [-0.25, -0.2) is 0 Å². The summed E-state index contributed by atoms with van der Waals surface area (Å²) in [6.45, 7) is 3.68. The molecule has 17 heavy (non-hydrogen) atoms. The van der Waals surface area contributed by atoms with Gasteiger partial charge in [-0.05, 0) is 24.8 Å². The average Bonchev–Trinajstić information content (AvgIpc) is 2.37. The first-order chi connectivity index (χ1) is 8.27. The topological polar surface area (TPSA) is 54.0 Å². The Morgan fingerprint density at radius 3 is 3.00 bits per heavy atom. The molecule has 0 aliphatic rings. The van der Waals surface area contributed by atoms with Crippen LogP contribution in [0.15, 0.2) is 18.3 Å². The number of rotatable bonds is 7. The summed E-state index contributed by atoms with van der Waals surface area (Å²) >= 11 is 1.71. The molecule has 0 aliphatic heterocycles. The van der Waals surface area contributed by atoms with Crippen LogP contribution in [0.3, 0.4) is 0 Å². The number of anilines is 1. The number of carbonyl (C=O) groups is 1. The number of nitrogens with zero attached hydrogens (tertiary/aromatic N) is 1. The SMILES string of the molecule is CCCNc1ccnc(C(=O)NCCSC)c1.